The zero-order valence-electron chi connectivity index (χ0n) is 54.1. The van der Waals surface area contributed by atoms with Gasteiger partial charge in [-0.05, 0) is 87.2 Å². The number of H-pyrrole nitrogens is 2. The van der Waals surface area contributed by atoms with Crippen LogP contribution >= 0.6 is 0 Å². The summed E-state index contributed by atoms with van der Waals surface area (Å²) in [6.45, 7) is 2.12. The third kappa shape index (κ3) is 27.6. The van der Waals surface area contributed by atoms with Crippen molar-refractivity contribution in [2.45, 2.75) is 95.0 Å². The fraction of sp³-hybridized carbons (Fsp3) is 0.459. The van der Waals surface area contributed by atoms with Crippen LogP contribution in [-0.4, -0.2) is 213 Å². The lowest BCUT2D eigenvalue weighted by molar-refractivity contribution is -0.140. The van der Waals surface area contributed by atoms with Crippen LogP contribution in [0.15, 0.2) is 70.5 Å². The second-order valence-corrected chi connectivity index (χ2v) is 21.9. The number of ether oxygens (including phenoxy) is 4. The molecule has 534 valence electrons. The molecule has 0 spiro atoms. The lowest BCUT2D eigenvalue weighted by Gasteiger charge is -2.21. The van der Waals surface area contributed by atoms with Gasteiger partial charge in [-0.25, -0.2) is 29.5 Å². The van der Waals surface area contributed by atoms with Crippen LogP contribution in [0.3, 0.4) is 0 Å². The van der Waals surface area contributed by atoms with Gasteiger partial charge in [0.1, 0.15) is 18.1 Å². The first kappa shape index (κ1) is 77.1. The maximum atomic E-state index is 13.3. The number of nitrogens with two attached hydrogens (primary N) is 4. The highest BCUT2D eigenvalue weighted by Crippen LogP contribution is 2.15. The summed E-state index contributed by atoms with van der Waals surface area (Å²) in [6.07, 6.45) is 3.52. The minimum Gasteiger partial charge on any atom is -0.480 e. The molecular weight excluding hydrogens is 1300 g/mol. The molecule has 6 rings (SSSR count). The van der Waals surface area contributed by atoms with E-state index >= 15 is 0 Å². The summed E-state index contributed by atoms with van der Waals surface area (Å²) in [6, 6.07) is 7.59. The van der Waals surface area contributed by atoms with E-state index in [0.717, 1.165) is 0 Å². The number of anilines is 4. The number of aromatic nitrogens is 8. The lowest BCUT2D eigenvalue weighted by Crippen LogP contribution is -2.52. The summed E-state index contributed by atoms with van der Waals surface area (Å²) < 4.78 is 22.0. The van der Waals surface area contributed by atoms with Gasteiger partial charge in [0.25, 0.3) is 11.8 Å². The number of unbranched alkanes of at least 4 members (excludes halogenated alkanes) is 1. The molecule has 0 aliphatic rings. The second-order valence-electron chi connectivity index (χ2n) is 21.9. The van der Waals surface area contributed by atoms with Crippen molar-refractivity contribution in [1.29, 1.82) is 0 Å². The molecule has 99 heavy (non-hydrogen) atoms. The zero-order chi connectivity index (χ0) is 71.5. The van der Waals surface area contributed by atoms with Crippen molar-refractivity contribution < 1.29 is 72.3 Å². The first-order valence-corrected chi connectivity index (χ1v) is 31.6. The summed E-state index contributed by atoms with van der Waals surface area (Å²) in [4.78, 5) is 167. The van der Waals surface area contributed by atoms with Crippen LogP contribution in [0.2, 0.25) is 0 Å². The number of carbonyl (C=O) groups is 9. The second kappa shape index (κ2) is 41.2. The summed E-state index contributed by atoms with van der Waals surface area (Å²) in [5.41, 5.74) is 24.3. The number of nitrogens with zero attached hydrogens (tertiary/aromatic N) is 6. The number of carboxylic acids is 2. The quantitative estimate of drug-likeness (QED) is 0.0169. The molecule has 0 saturated carbocycles. The van der Waals surface area contributed by atoms with Gasteiger partial charge in [-0.2, -0.15) is 9.97 Å². The number of nitrogens with one attached hydrogen (secondary N) is 11. The minimum absolute atomic E-state index is 0.0221. The number of rotatable bonds is 46. The fourth-order valence-electron chi connectivity index (χ4n) is 9.07. The van der Waals surface area contributed by atoms with Crippen molar-refractivity contribution >= 4 is 98.9 Å². The fourth-order valence-corrected chi connectivity index (χ4v) is 9.07. The number of fused-ring (bicyclic) bond motifs is 2. The van der Waals surface area contributed by atoms with E-state index < -0.39 is 88.6 Å². The average Bonchev–Trinajstić information content (AvgIpc) is 0.821. The zero-order valence-corrected chi connectivity index (χ0v) is 54.1. The molecule has 4 heterocycles. The highest BCUT2D eigenvalue weighted by molar-refractivity contribution is 5.98. The Morgan fingerprint density at radius 2 is 0.859 bits per heavy atom. The van der Waals surface area contributed by atoms with E-state index in [0.29, 0.717) is 48.6 Å². The smallest absolute Gasteiger partial charge is 0.326 e. The molecule has 6 aromatic rings. The number of amides is 7. The highest BCUT2D eigenvalue weighted by atomic mass is 16.5. The van der Waals surface area contributed by atoms with E-state index in [9.17, 15) is 63.0 Å². The van der Waals surface area contributed by atoms with Crippen molar-refractivity contribution in [1.82, 2.24) is 77.1 Å². The van der Waals surface area contributed by atoms with Crippen molar-refractivity contribution in [3.8, 4) is 0 Å². The Morgan fingerprint density at radius 3 is 1.24 bits per heavy atom. The predicted molar refractivity (Wildman–Crippen MR) is 356 cm³/mol. The van der Waals surface area contributed by atoms with Crippen molar-refractivity contribution in [2.24, 2.45) is 11.5 Å². The van der Waals surface area contributed by atoms with E-state index in [1.54, 1.807) is 24.3 Å². The molecule has 0 fully saturated rings. The largest absolute Gasteiger partial charge is 0.480 e. The average molecular weight is 1380 g/mol. The summed E-state index contributed by atoms with van der Waals surface area (Å²) >= 11 is 0. The number of aromatic amines is 2. The minimum atomic E-state index is -1.36. The van der Waals surface area contributed by atoms with Crippen molar-refractivity contribution in [3.05, 3.63) is 104 Å². The molecule has 2 aromatic carbocycles. The van der Waals surface area contributed by atoms with Crippen LogP contribution in [0.4, 0.5) is 23.3 Å². The van der Waals surface area contributed by atoms with E-state index in [1.165, 1.54) is 36.7 Å². The van der Waals surface area contributed by atoms with E-state index in [4.69, 9.17) is 41.9 Å². The molecule has 0 aliphatic heterocycles. The Kier molecular flexibility index (Phi) is 32.1. The van der Waals surface area contributed by atoms with Crippen LogP contribution in [-0.2, 0) is 65.6 Å². The molecule has 4 unspecified atom stereocenters. The standard InChI is InChI=1S/C61H83N21O17/c62-18-2-1-3-41(63)54(88)76-42(55(89)69-22-26-99-30-29-98-25-21-68-47(85)17-14-44(59(94)95)78-53(87)36-6-10-38(11-7-36)71-32-40-34-73-51-49(75-40)57(91)82-61(65)80-51)12-15-45(83)66-19-23-96-27-28-97-24-20-67-46(84)16-13-43(58(92)93)77-52(86)35-4-8-37(9-5-35)70-31-39-33-72-50-48(74-39)56(90)81-60(64)79-50/h4-11,33-34,41-44,70-71H,1-3,12-32,62-63H2,(H,66,83)(H,67,84)(H,68,85)(H,69,89)(H,76,88)(H,77,86)(H,78,87)(H,92,93)(H,94,95)(H3,64,72,79,81,90)(H3,65,73,80,82,91). The number of carbonyl (C=O) groups excluding carboxylic acids is 7. The van der Waals surface area contributed by atoms with Crippen LogP contribution in [0.25, 0.3) is 22.3 Å². The summed E-state index contributed by atoms with van der Waals surface area (Å²) in [7, 11) is 0. The summed E-state index contributed by atoms with van der Waals surface area (Å²) in [5, 5.41) is 43.8. The number of hydrogen-bond acceptors (Lipinski definition) is 27. The number of hydrogen-bond donors (Lipinski definition) is 17. The van der Waals surface area contributed by atoms with Crippen LogP contribution in [0.5, 0.6) is 0 Å². The van der Waals surface area contributed by atoms with Gasteiger partial charge in [0.05, 0.1) is 95.8 Å². The van der Waals surface area contributed by atoms with E-state index in [1.807, 2.05) is 0 Å². The topological polar surface area (TPSA) is 586 Å². The predicted octanol–water partition coefficient (Wildman–Crippen LogP) is -2.99. The Morgan fingerprint density at radius 1 is 0.475 bits per heavy atom. The molecule has 4 atom stereocenters. The third-order valence-corrected chi connectivity index (χ3v) is 14.3. The van der Waals surface area contributed by atoms with E-state index in [2.05, 4.69) is 87.7 Å². The molecule has 0 bridgehead atoms. The Labute approximate surface area is 564 Å². The maximum Gasteiger partial charge on any atom is 0.326 e. The number of nitrogen functional groups attached to an aromatic ring is 2. The van der Waals surface area contributed by atoms with Gasteiger partial charge in [0.2, 0.25) is 41.4 Å². The molecule has 0 saturated heterocycles. The normalized spacial score (nSPS) is 12.3. The molecule has 21 N–H and O–H groups in total. The monoisotopic (exact) mass is 1380 g/mol. The number of benzene rings is 2. The van der Waals surface area contributed by atoms with Gasteiger partial charge in [0.15, 0.2) is 22.3 Å². The van der Waals surface area contributed by atoms with Gasteiger partial charge in [0, 0.05) is 67.9 Å². The number of carboxylic acid groups (broad SMARTS) is 2. The van der Waals surface area contributed by atoms with Crippen LogP contribution < -0.4 is 81.9 Å². The van der Waals surface area contributed by atoms with Gasteiger partial charge in [-0.15, -0.1) is 0 Å². The maximum absolute atomic E-state index is 13.3. The first-order chi connectivity index (χ1) is 47.6. The third-order valence-electron chi connectivity index (χ3n) is 14.3. The molecule has 4 aromatic heterocycles. The molecule has 7 amide bonds. The Bertz CT molecular complexity index is 3810. The lowest BCUT2D eigenvalue weighted by atomic mass is 10.1. The Hall–Kier alpha value is -10.9. The molecule has 0 aliphatic carbocycles. The molecule has 38 heteroatoms. The van der Waals surface area contributed by atoms with Gasteiger partial charge in [-0.1, -0.05) is 6.42 Å². The van der Waals surface area contributed by atoms with Gasteiger partial charge < -0.3 is 110 Å². The molecule has 0 radical (unpaired) electrons. The summed E-state index contributed by atoms with van der Waals surface area (Å²) in [5.74, 6) is -6.62. The Balaban J connectivity index is 0.767. The SMILES string of the molecule is NCCCCC(N)C(=O)NC(CCC(=O)NCCOCCOCCNC(=O)CCC(NC(=O)c1ccc(NCc2cnc3[nH]c(N)nc(=O)c3n2)cc1)C(=O)O)C(=O)NCCOCCOCCNC(=O)CCC(NC(=O)c1ccc(NCc2cnc3[nH]c(N)nc(=O)c3n2)cc1)C(=O)O. The molecular formula is C61H83N21O17. The van der Waals surface area contributed by atoms with Crippen LogP contribution in [0, 0.1) is 0 Å². The van der Waals surface area contributed by atoms with Gasteiger partial charge in [-0.3, -0.25) is 43.2 Å². The highest BCUT2D eigenvalue weighted by Gasteiger charge is 2.26. The van der Waals surface area contributed by atoms with Gasteiger partial charge >= 0.3 is 23.1 Å². The van der Waals surface area contributed by atoms with E-state index in [-0.39, 0.29) is 176 Å². The van der Waals surface area contributed by atoms with Crippen molar-refractivity contribution in [2.75, 3.05) is 108 Å². The molecule has 38 nitrogen and oxygen atoms in total. The van der Waals surface area contributed by atoms with Crippen LogP contribution in [0.1, 0.15) is 89.9 Å². The number of aliphatic carboxylic acids is 2. The van der Waals surface area contributed by atoms with Crippen molar-refractivity contribution in [3.63, 3.8) is 0 Å². The first-order valence-electron chi connectivity index (χ1n) is 31.6.